The van der Waals surface area contributed by atoms with Gasteiger partial charge in [-0.05, 0) is 35.7 Å². The van der Waals surface area contributed by atoms with E-state index in [0.717, 1.165) is 15.9 Å². The summed E-state index contributed by atoms with van der Waals surface area (Å²) in [4.78, 5) is 23.4. The van der Waals surface area contributed by atoms with Gasteiger partial charge in [0.15, 0.2) is 0 Å². The number of hydrogen-bond acceptors (Lipinski definition) is 5. The molecule has 21 heavy (non-hydrogen) atoms. The first-order valence-electron chi connectivity index (χ1n) is 6.42. The maximum absolute atomic E-state index is 12.3. The Hall–Kier alpha value is -2.47. The average molecular weight is 298 g/mol. The Morgan fingerprint density at radius 2 is 1.90 bits per heavy atom. The molecule has 0 spiro atoms. The summed E-state index contributed by atoms with van der Waals surface area (Å²) < 4.78 is 0. The molecule has 0 unspecified atom stereocenters. The number of nitrogens with one attached hydrogen (secondary N) is 1. The third kappa shape index (κ3) is 2.71. The highest BCUT2D eigenvalue weighted by molar-refractivity contribution is 7.16. The standard InChI is InChI=1S/C15H14N4OS/c1-19(2)11-5-3-10(4-6-11)14(20)18-13-12-7-8-21-15(12)17-9-16-13/h3-9H,1-2H3,(H,16,17,18,20). The van der Waals surface area contributed by atoms with Gasteiger partial charge in [0.25, 0.3) is 5.91 Å². The Bertz CT molecular complexity index is 780. The molecule has 1 amide bonds. The summed E-state index contributed by atoms with van der Waals surface area (Å²) in [7, 11) is 3.92. The average Bonchev–Trinajstić information content (AvgIpc) is 2.97. The molecule has 0 fully saturated rings. The first-order chi connectivity index (χ1) is 10.1. The lowest BCUT2D eigenvalue weighted by molar-refractivity contribution is 0.102. The summed E-state index contributed by atoms with van der Waals surface area (Å²) in [5.41, 5.74) is 1.65. The molecule has 0 atom stereocenters. The summed E-state index contributed by atoms with van der Waals surface area (Å²) in [5.74, 6) is 0.370. The van der Waals surface area contributed by atoms with Gasteiger partial charge < -0.3 is 10.2 Å². The van der Waals surface area contributed by atoms with Gasteiger partial charge in [0.05, 0.1) is 5.39 Å². The van der Waals surface area contributed by atoms with Crippen molar-refractivity contribution in [3.05, 3.63) is 47.6 Å². The van der Waals surface area contributed by atoms with E-state index in [-0.39, 0.29) is 5.91 Å². The SMILES string of the molecule is CN(C)c1ccc(C(=O)Nc2ncnc3sccc23)cc1. The Labute approximate surface area is 126 Å². The number of carbonyl (C=O) groups is 1. The van der Waals surface area contributed by atoms with Crippen molar-refractivity contribution < 1.29 is 4.79 Å². The smallest absolute Gasteiger partial charge is 0.256 e. The fraction of sp³-hybridized carbons (Fsp3) is 0.133. The van der Waals surface area contributed by atoms with Gasteiger partial charge in [-0.3, -0.25) is 4.79 Å². The van der Waals surface area contributed by atoms with E-state index < -0.39 is 0 Å². The van der Waals surface area contributed by atoms with Crippen LogP contribution in [-0.2, 0) is 0 Å². The van der Waals surface area contributed by atoms with Gasteiger partial charge in [0.1, 0.15) is 17.0 Å². The van der Waals surface area contributed by atoms with E-state index in [4.69, 9.17) is 0 Å². The fourth-order valence-electron chi connectivity index (χ4n) is 1.98. The van der Waals surface area contributed by atoms with Gasteiger partial charge >= 0.3 is 0 Å². The van der Waals surface area contributed by atoms with E-state index in [0.29, 0.717) is 11.4 Å². The molecule has 0 saturated carbocycles. The Morgan fingerprint density at radius 3 is 2.62 bits per heavy atom. The van der Waals surface area contributed by atoms with Crippen molar-refractivity contribution in [1.82, 2.24) is 9.97 Å². The molecule has 6 heteroatoms. The molecule has 2 aromatic heterocycles. The molecule has 0 aliphatic carbocycles. The predicted octanol–water partition coefficient (Wildman–Crippen LogP) is 3.01. The zero-order valence-corrected chi connectivity index (χ0v) is 12.5. The number of carbonyl (C=O) groups excluding carboxylic acids is 1. The Kier molecular flexibility index (Phi) is 3.53. The quantitative estimate of drug-likeness (QED) is 0.807. The molecule has 0 bridgehead atoms. The maximum Gasteiger partial charge on any atom is 0.256 e. The molecule has 1 N–H and O–H groups in total. The number of fused-ring (bicyclic) bond motifs is 1. The predicted molar refractivity (Wildman–Crippen MR) is 86.1 cm³/mol. The largest absolute Gasteiger partial charge is 0.378 e. The van der Waals surface area contributed by atoms with Crippen molar-refractivity contribution in [2.24, 2.45) is 0 Å². The van der Waals surface area contributed by atoms with Crippen molar-refractivity contribution in [3.8, 4) is 0 Å². The maximum atomic E-state index is 12.3. The molecule has 0 radical (unpaired) electrons. The highest BCUT2D eigenvalue weighted by Gasteiger charge is 2.10. The van der Waals surface area contributed by atoms with Crippen LogP contribution in [0.2, 0.25) is 0 Å². The highest BCUT2D eigenvalue weighted by Crippen LogP contribution is 2.24. The van der Waals surface area contributed by atoms with Crippen LogP contribution in [0.15, 0.2) is 42.0 Å². The van der Waals surface area contributed by atoms with Crippen LogP contribution in [0.1, 0.15) is 10.4 Å². The van der Waals surface area contributed by atoms with Crippen LogP contribution in [0.25, 0.3) is 10.2 Å². The van der Waals surface area contributed by atoms with Crippen molar-refractivity contribution >= 4 is 39.0 Å². The number of rotatable bonds is 3. The summed E-state index contributed by atoms with van der Waals surface area (Å²) in [6, 6.07) is 9.34. The second kappa shape index (κ2) is 5.49. The molecule has 0 aliphatic rings. The molecule has 5 nitrogen and oxygen atoms in total. The fourth-order valence-corrected chi connectivity index (χ4v) is 2.71. The van der Waals surface area contributed by atoms with Crippen molar-refractivity contribution in [3.63, 3.8) is 0 Å². The third-order valence-corrected chi connectivity index (χ3v) is 3.96. The lowest BCUT2D eigenvalue weighted by Crippen LogP contribution is -2.14. The van der Waals surface area contributed by atoms with E-state index in [1.807, 2.05) is 42.6 Å². The molecule has 0 saturated heterocycles. The number of amides is 1. The number of nitrogens with zero attached hydrogens (tertiary/aromatic N) is 3. The van der Waals surface area contributed by atoms with E-state index in [1.54, 1.807) is 12.1 Å². The number of hydrogen-bond donors (Lipinski definition) is 1. The van der Waals surface area contributed by atoms with Gasteiger partial charge in [0.2, 0.25) is 0 Å². The van der Waals surface area contributed by atoms with E-state index in [1.165, 1.54) is 17.7 Å². The van der Waals surface area contributed by atoms with E-state index in [2.05, 4.69) is 15.3 Å². The van der Waals surface area contributed by atoms with Crippen molar-refractivity contribution in [2.75, 3.05) is 24.3 Å². The first kappa shape index (κ1) is 13.5. The lowest BCUT2D eigenvalue weighted by Gasteiger charge is -2.12. The molecule has 3 rings (SSSR count). The van der Waals surface area contributed by atoms with Crippen molar-refractivity contribution in [1.29, 1.82) is 0 Å². The van der Waals surface area contributed by atoms with Gasteiger partial charge in [-0.15, -0.1) is 11.3 Å². The van der Waals surface area contributed by atoms with Crippen LogP contribution in [0.3, 0.4) is 0 Å². The normalized spacial score (nSPS) is 10.6. The third-order valence-electron chi connectivity index (χ3n) is 3.14. The van der Waals surface area contributed by atoms with Crippen molar-refractivity contribution in [2.45, 2.75) is 0 Å². The molecule has 0 aliphatic heterocycles. The second-order valence-corrected chi connectivity index (χ2v) is 5.65. The minimum Gasteiger partial charge on any atom is -0.378 e. The van der Waals surface area contributed by atoms with Gasteiger partial charge in [0, 0.05) is 25.3 Å². The number of anilines is 2. The Balaban J connectivity index is 1.84. The zero-order valence-electron chi connectivity index (χ0n) is 11.7. The highest BCUT2D eigenvalue weighted by atomic mass is 32.1. The summed E-state index contributed by atoms with van der Waals surface area (Å²) in [6.45, 7) is 0. The number of thiophene rings is 1. The van der Waals surface area contributed by atoms with Gasteiger partial charge in [-0.1, -0.05) is 0 Å². The van der Waals surface area contributed by atoms with Crippen LogP contribution in [0, 0.1) is 0 Å². The molecular weight excluding hydrogens is 284 g/mol. The number of benzene rings is 1. The molecule has 1 aromatic carbocycles. The molecule has 2 heterocycles. The monoisotopic (exact) mass is 298 g/mol. The van der Waals surface area contributed by atoms with Crippen LogP contribution in [-0.4, -0.2) is 30.0 Å². The molecular formula is C15H14N4OS. The van der Waals surface area contributed by atoms with Crippen LogP contribution < -0.4 is 10.2 Å². The van der Waals surface area contributed by atoms with E-state index >= 15 is 0 Å². The topological polar surface area (TPSA) is 58.1 Å². The summed E-state index contributed by atoms with van der Waals surface area (Å²) in [6.07, 6.45) is 1.46. The first-order valence-corrected chi connectivity index (χ1v) is 7.30. The summed E-state index contributed by atoms with van der Waals surface area (Å²) >= 11 is 1.52. The van der Waals surface area contributed by atoms with Crippen LogP contribution in [0.4, 0.5) is 11.5 Å². The molecule has 3 aromatic rings. The molecule has 106 valence electrons. The lowest BCUT2D eigenvalue weighted by atomic mass is 10.2. The minimum absolute atomic E-state index is 0.175. The Morgan fingerprint density at radius 1 is 1.14 bits per heavy atom. The zero-order chi connectivity index (χ0) is 14.8. The van der Waals surface area contributed by atoms with Gasteiger partial charge in [-0.25, -0.2) is 9.97 Å². The second-order valence-electron chi connectivity index (χ2n) is 4.76. The summed E-state index contributed by atoms with van der Waals surface area (Å²) in [5, 5.41) is 5.63. The van der Waals surface area contributed by atoms with Crippen LogP contribution >= 0.6 is 11.3 Å². The number of aromatic nitrogens is 2. The van der Waals surface area contributed by atoms with E-state index in [9.17, 15) is 4.79 Å². The van der Waals surface area contributed by atoms with Gasteiger partial charge in [-0.2, -0.15) is 0 Å². The minimum atomic E-state index is -0.175. The van der Waals surface area contributed by atoms with Crippen LogP contribution in [0.5, 0.6) is 0 Å².